The van der Waals surface area contributed by atoms with Crippen LogP contribution in [0.2, 0.25) is 0 Å². The quantitative estimate of drug-likeness (QED) is 0.506. The zero-order valence-corrected chi connectivity index (χ0v) is 18.2. The van der Waals surface area contributed by atoms with Gasteiger partial charge < -0.3 is 19.5 Å². The van der Waals surface area contributed by atoms with Crippen LogP contribution in [0, 0.1) is 0 Å². The molecule has 1 heterocycles. The van der Waals surface area contributed by atoms with Gasteiger partial charge in [-0.15, -0.1) is 0 Å². The summed E-state index contributed by atoms with van der Waals surface area (Å²) in [6.07, 6.45) is 1.67. The van der Waals surface area contributed by atoms with E-state index in [1.165, 1.54) is 32.2 Å². The molecule has 1 N–H and O–H groups in total. The van der Waals surface area contributed by atoms with E-state index in [1.54, 1.807) is 12.1 Å². The van der Waals surface area contributed by atoms with Gasteiger partial charge in [-0.25, -0.2) is 9.78 Å². The number of rotatable bonds is 9. The molecule has 0 saturated carbocycles. The summed E-state index contributed by atoms with van der Waals surface area (Å²) in [4.78, 5) is 41.8. The standard InChI is InChI=1S/C23H25N3O6/c1-30-19-12-16-17(13-20(19)31-2)24-14-26(22(16)28)10-9-21(27)25-18(23(29)32-3)11-15-7-5-4-6-8-15/h4-8,12-14,18H,9-11H2,1-3H3,(H,25,27). The van der Waals surface area contributed by atoms with Gasteiger partial charge in [0, 0.05) is 25.5 Å². The van der Waals surface area contributed by atoms with Gasteiger partial charge in [0.05, 0.1) is 38.6 Å². The molecule has 0 aliphatic carbocycles. The summed E-state index contributed by atoms with van der Waals surface area (Å²) in [6.45, 7) is 0.0984. The average Bonchev–Trinajstić information content (AvgIpc) is 2.82. The van der Waals surface area contributed by atoms with E-state index in [9.17, 15) is 14.4 Å². The van der Waals surface area contributed by atoms with Crippen molar-refractivity contribution in [2.45, 2.75) is 25.4 Å². The Morgan fingerprint density at radius 2 is 1.75 bits per heavy atom. The van der Waals surface area contributed by atoms with Crippen LogP contribution in [0.5, 0.6) is 11.5 Å². The van der Waals surface area contributed by atoms with Crippen molar-refractivity contribution in [3.63, 3.8) is 0 Å². The summed E-state index contributed by atoms with van der Waals surface area (Å²) in [5, 5.41) is 3.04. The van der Waals surface area contributed by atoms with E-state index in [0.717, 1.165) is 5.56 Å². The number of aryl methyl sites for hydroxylation is 1. The van der Waals surface area contributed by atoms with Gasteiger partial charge in [-0.2, -0.15) is 0 Å². The molecule has 1 amide bonds. The molecule has 1 unspecified atom stereocenters. The number of ether oxygens (including phenoxy) is 3. The lowest BCUT2D eigenvalue weighted by Crippen LogP contribution is -2.43. The maximum atomic E-state index is 12.8. The number of aromatic nitrogens is 2. The number of hydrogen-bond acceptors (Lipinski definition) is 7. The molecule has 2 aromatic carbocycles. The predicted octanol–water partition coefficient (Wildman–Crippen LogP) is 1.70. The number of esters is 1. The van der Waals surface area contributed by atoms with E-state index in [4.69, 9.17) is 14.2 Å². The summed E-state index contributed by atoms with van der Waals surface area (Å²) < 4.78 is 16.7. The maximum Gasteiger partial charge on any atom is 0.328 e. The molecule has 0 spiro atoms. The van der Waals surface area contributed by atoms with Gasteiger partial charge in [0.2, 0.25) is 5.91 Å². The minimum Gasteiger partial charge on any atom is -0.493 e. The van der Waals surface area contributed by atoms with Crippen LogP contribution >= 0.6 is 0 Å². The van der Waals surface area contributed by atoms with Crippen LogP contribution in [0.15, 0.2) is 53.6 Å². The van der Waals surface area contributed by atoms with Gasteiger partial charge in [0.1, 0.15) is 6.04 Å². The van der Waals surface area contributed by atoms with Crippen molar-refractivity contribution in [3.05, 3.63) is 64.7 Å². The van der Waals surface area contributed by atoms with Crippen molar-refractivity contribution in [3.8, 4) is 11.5 Å². The molecular formula is C23H25N3O6. The monoisotopic (exact) mass is 439 g/mol. The van der Waals surface area contributed by atoms with Crippen LogP contribution in [0.1, 0.15) is 12.0 Å². The third-order valence-electron chi connectivity index (χ3n) is 5.01. The first kappa shape index (κ1) is 22.8. The first-order valence-electron chi connectivity index (χ1n) is 9.99. The van der Waals surface area contributed by atoms with E-state index in [1.807, 2.05) is 30.3 Å². The molecule has 0 radical (unpaired) electrons. The van der Waals surface area contributed by atoms with Crippen molar-refractivity contribution in [2.75, 3.05) is 21.3 Å². The lowest BCUT2D eigenvalue weighted by atomic mass is 10.1. The number of nitrogens with zero attached hydrogens (tertiary/aromatic N) is 2. The van der Waals surface area contributed by atoms with Crippen LogP contribution < -0.4 is 20.3 Å². The Hall–Kier alpha value is -3.88. The number of hydrogen-bond donors (Lipinski definition) is 1. The molecule has 0 bridgehead atoms. The zero-order chi connectivity index (χ0) is 23.1. The molecule has 0 aliphatic rings. The maximum absolute atomic E-state index is 12.8. The number of benzene rings is 2. The fourth-order valence-electron chi connectivity index (χ4n) is 3.32. The SMILES string of the molecule is COC(=O)C(Cc1ccccc1)NC(=O)CCn1cnc2cc(OC)c(OC)cc2c1=O. The Balaban J connectivity index is 1.72. The molecule has 9 nitrogen and oxygen atoms in total. The van der Waals surface area contributed by atoms with Crippen LogP contribution in [0.25, 0.3) is 10.9 Å². The molecular weight excluding hydrogens is 414 g/mol. The van der Waals surface area contributed by atoms with Gasteiger partial charge in [-0.3, -0.25) is 14.2 Å². The number of carbonyl (C=O) groups is 2. The zero-order valence-electron chi connectivity index (χ0n) is 18.2. The molecule has 0 saturated heterocycles. The fourth-order valence-corrected chi connectivity index (χ4v) is 3.32. The van der Waals surface area contributed by atoms with Crippen molar-refractivity contribution in [1.29, 1.82) is 0 Å². The molecule has 0 fully saturated rings. The summed E-state index contributed by atoms with van der Waals surface area (Å²) in [6, 6.07) is 11.7. The Bertz CT molecular complexity index is 1160. The number of carbonyl (C=O) groups excluding carboxylic acids is 2. The van der Waals surface area contributed by atoms with Gasteiger partial charge >= 0.3 is 5.97 Å². The molecule has 0 aliphatic heterocycles. The van der Waals surface area contributed by atoms with E-state index < -0.39 is 12.0 Å². The topological polar surface area (TPSA) is 109 Å². The largest absolute Gasteiger partial charge is 0.493 e. The molecule has 32 heavy (non-hydrogen) atoms. The summed E-state index contributed by atoms with van der Waals surface area (Å²) in [5.74, 6) is -0.0315. The number of fused-ring (bicyclic) bond motifs is 1. The van der Waals surface area contributed by atoms with Crippen LogP contribution in [0.3, 0.4) is 0 Å². The summed E-state index contributed by atoms with van der Waals surface area (Å²) in [7, 11) is 4.26. The smallest absolute Gasteiger partial charge is 0.328 e. The first-order valence-corrected chi connectivity index (χ1v) is 9.99. The molecule has 168 valence electrons. The highest BCUT2D eigenvalue weighted by atomic mass is 16.5. The Morgan fingerprint density at radius 3 is 2.41 bits per heavy atom. The number of amides is 1. The van der Waals surface area contributed by atoms with E-state index >= 15 is 0 Å². The van der Waals surface area contributed by atoms with Crippen molar-refractivity contribution in [1.82, 2.24) is 14.9 Å². The van der Waals surface area contributed by atoms with Gasteiger partial charge in [0.15, 0.2) is 11.5 Å². The predicted molar refractivity (Wildman–Crippen MR) is 118 cm³/mol. The van der Waals surface area contributed by atoms with Crippen molar-refractivity contribution >= 4 is 22.8 Å². The third kappa shape index (κ3) is 5.23. The summed E-state index contributed by atoms with van der Waals surface area (Å²) >= 11 is 0. The number of methoxy groups -OCH3 is 3. The van der Waals surface area contributed by atoms with E-state index in [2.05, 4.69) is 10.3 Å². The fraction of sp³-hybridized carbons (Fsp3) is 0.304. The Labute approximate surface area is 184 Å². The second-order valence-corrected chi connectivity index (χ2v) is 7.05. The Kier molecular flexibility index (Phi) is 7.43. The molecule has 3 rings (SSSR count). The van der Waals surface area contributed by atoms with Gasteiger partial charge in [-0.05, 0) is 11.6 Å². The normalized spacial score (nSPS) is 11.6. The highest BCUT2D eigenvalue weighted by molar-refractivity contribution is 5.85. The van der Waals surface area contributed by atoms with E-state index in [-0.39, 0.29) is 24.4 Å². The minimum absolute atomic E-state index is 0.0112. The lowest BCUT2D eigenvalue weighted by Gasteiger charge is -2.17. The minimum atomic E-state index is -0.821. The first-order chi connectivity index (χ1) is 15.5. The van der Waals surface area contributed by atoms with Crippen LogP contribution in [-0.4, -0.2) is 48.8 Å². The van der Waals surface area contributed by atoms with Gasteiger partial charge in [-0.1, -0.05) is 30.3 Å². The van der Waals surface area contributed by atoms with Gasteiger partial charge in [0.25, 0.3) is 5.56 Å². The lowest BCUT2D eigenvalue weighted by molar-refractivity contribution is -0.145. The molecule has 3 aromatic rings. The van der Waals surface area contributed by atoms with Crippen LogP contribution in [0.4, 0.5) is 0 Å². The number of nitrogens with one attached hydrogen (secondary N) is 1. The van der Waals surface area contributed by atoms with E-state index in [0.29, 0.717) is 28.8 Å². The molecule has 9 heteroatoms. The Morgan fingerprint density at radius 1 is 1.06 bits per heavy atom. The summed E-state index contributed by atoms with van der Waals surface area (Å²) in [5.41, 5.74) is 1.04. The second-order valence-electron chi connectivity index (χ2n) is 7.05. The highest BCUT2D eigenvalue weighted by Gasteiger charge is 2.22. The second kappa shape index (κ2) is 10.4. The highest BCUT2D eigenvalue weighted by Crippen LogP contribution is 2.29. The average molecular weight is 439 g/mol. The third-order valence-corrected chi connectivity index (χ3v) is 5.01. The van der Waals surface area contributed by atoms with Crippen LogP contribution in [-0.2, 0) is 27.3 Å². The molecule has 1 aromatic heterocycles. The molecule has 1 atom stereocenters. The van der Waals surface area contributed by atoms with Crippen molar-refractivity contribution in [2.24, 2.45) is 0 Å². The van der Waals surface area contributed by atoms with Crippen molar-refractivity contribution < 1.29 is 23.8 Å².